The Morgan fingerprint density at radius 3 is 2.50 bits per heavy atom. The molecule has 164 valence electrons. The van der Waals surface area contributed by atoms with Crippen molar-refractivity contribution in [3.05, 3.63) is 53.3 Å². The Morgan fingerprint density at radius 2 is 1.81 bits per heavy atom. The lowest BCUT2D eigenvalue weighted by Crippen LogP contribution is -2.47. The summed E-state index contributed by atoms with van der Waals surface area (Å²) in [5.74, 6) is 4.03. The molecule has 1 aliphatic heterocycles. The second-order valence-corrected chi connectivity index (χ2v) is 9.61. The highest BCUT2D eigenvalue weighted by Crippen LogP contribution is 2.43. The van der Waals surface area contributed by atoms with Gasteiger partial charge in [0.05, 0.1) is 11.4 Å². The smallest absolute Gasteiger partial charge is 0.243 e. The predicted molar refractivity (Wildman–Crippen MR) is 126 cm³/mol. The molecule has 0 spiro atoms. The number of hydrogen-bond acceptors (Lipinski definition) is 8. The van der Waals surface area contributed by atoms with Crippen molar-refractivity contribution in [2.75, 3.05) is 31.1 Å². The lowest BCUT2D eigenvalue weighted by Gasteiger charge is -2.37. The highest BCUT2D eigenvalue weighted by Gasteiger charge is 2.31. The third kappa shape index (κ3) is 3.57. The van der Waals surface area contributed by atoms with Crippen LogP contribution in [0.4, 0.5) is 5.82 Å². The molecule has 32 heavy (non-hydrogen) atoms. The van der Waals surface area contributed by atoms with Gasteiger partial charge in [-0.05, 0) is 32.3 Å². The molecule has 1 aromatic carbocycles. The van der Waals surface area contributed by atoms with Crippen molar-refractivity contribution in [3.8, 4) is 11.1 Å². The van der Waals surface area contributed by atoms with Crippen LogP contribution in [0.1, 0.15) is 49.3 Å². The number of hydrogen-bond donors (Lipinski definition) is 0. The number of anilines is 1. The van der Waals surface area contributed by atoms with E-state index in [-0.39, 0.29) is 6.04 Å². The fraction of sp³-hybridized carbons (Fsp3) is 0.417. The molecule has 1 saturated heterocycles. The molecule has 0 bridgehead atoms. The topological polar surface area (TPSA) is 71.2 Å². The van der Waals surface area contributed by atoms with Crippen LogP contribution in [0, 0.1) is 6.92 Å². The summed E-state index contributed by atoms with van der Waals surface area (Å²) in [5, 5.41) is 7.39. The number of benzene rings is 1. The zero-order chi connectivity index (χ0) is 21.7. The van der Waals surface area contributed by atoms with Crippen LogP contribution in [-0.4, -0.2) is 51.2 Å². The van der Waals surface area contributed by atoms with Gasteiger partial charge in [-0.2, -0.15) is 4.98 Å². The van der Waals surface area contributed by atoms with E-state index < -0.39 is 0 Å². The number of aryl methyl sites for hydroxylation is 1. The Balaban J connectivity index is 1.32. The molecule has 1 aliphatic carbocycles. The highest BCUT2D eigenvalue weighted by molar-refractivity contribution is 7.17. The molecule has 6 rings (SSSR count). The summed E-state index contributed by atoms with van der Waals surface area (Å²) in [6.45, 7) is 7.69. The van der Waals surface area contributed by atoms with Crippen molar-refractivity contribution in [2.24, 2.45) is 0 Å². The standard InChI is InChI=1S/C24H26N6OS/c1-15(23-25-16(2)28-31-23)29-10-12-30(13-11-29)22-20-19(17-6-4-3-5-7-17)14-32-24(20)27-21(26-22)18-8-9-18/h3-7,14-15,18H,8-13H2,1-2H3. The maximum absolute atomic E-state index is 5.42. The summed E-state index contributed by atoms with van der Waals surface area (Å²) >= 11 is 1.74. The van der Waals surface area contributed by atoms with Crippen LogP contribution in [0.5, 0.6) is 0 Å². The normalized spacial score (nSPS) is 18.4. The zero-order valence-corrected chi connectivity index (χ0v) is 19.2. The molecule has 0 N–H and O–H groups in total. The van der Waals surface area contributed by atoms with E-state index in [2.05, 4.69) is 62.6 Å². The van der Waals surface area contributed by atoms with E-state index in [4.69, 9.17) is 14.5 Å². The molecule has 2 aliphatic rings. The van der Waals surface area contributed by atoms with E-state index >= 15 is 0 Å². The monoisotopic (exact) mass is 446 g/mol. The van der Waals surface area contributed by atoms with Crippen LogP contribution in [0.3, 0.4) is 0 Å². The van der Waals surface area contributed by atoms with Gasteiger partial charge in [0, 0.05) is 43.0 Å². The molecule has 3 aromatic heterocycles. The van der Waals surface area contributed by atoms with Crippen LogP contribution in [0.2, 0.25) is 0 Å². The minimum atomic E-state index is 0.117. The van der Waals surface area contributed by atoms with Crippen molar-refractivity contribution < 1.29 is 4.52 Å². The molecule has 1 saturated carbocycles. The number of piperazine rings is 1. The zero-order valence-electron chi connectivity index (χ0n) is 18.4. The summed E-state index contributed by atoms with van der Waals surface area (Å²) in [6, 6.07) is 10.7. The molecule has 2 fully saturated rings. The molecule has 1 atom stereocenters. The number of aromatic nitrogens is 4. The van der Waals surface area contributed by atoms with E-state index in [9.17, 15) is 0 Å². The fourth-order valence-corrected chi connectivity index (χ4v) is 5.43. The lowest BCUT2D eigenvalue weighted by molar-refractivity contribution is 0.164. The summed E-state index contributed by atoms with van der Waals surface area (Å²) in [4.78, 5) is 20.5. The van der Waals surface area contributed by atoms with Crippen LogP contribution in [0.25, 0.3) is 21.3 Å². The fourth-order valence-electron chi connectivity index (χ4n) is 4.48. The molecule has 4 aromatic rings. The van der Waals surface area contributed by atoms with Crippen LogP contribution in [-0.2, 0) is 0 Å². The molecular formula is C24H26N6OS. The van der Waals surface area contributed by atoms with Crippen molar-refractivity contribution >= 4 is 27.4 Å². The van der Waals surface area contributed by atoms with Crippen LogP contribution < -0.4 is 4.90 Å². The van der Waals surface area contributed by atoms with Gasteiger partial charge < -0.3 is 9.42 Å². The third-order valence-corrected chi connectivity index (χ3v) is 7.39. The van der Waals surface area contributed by atoms with E-state index in [1.165, 1.54) is 29.4 Å². The van der Waals surface area contributed by atoms with E-state index in [1.54, 1.807) is 11.3 Å². The molecule has 7 nitrogen and oxygen atoms in total. The molecule has 4 heterocycles. The second-order valence-electron chi connectivity index (χ2n) is 8.75. The average molecular weight is 447 g/mol. The van der Waals surface area contributed by atoms with Gasteiger partial charge in [0.2, 0.25) is 5.89 Å². The number of rotatable bonds is 5. The molecule has 0 amide bonds. The Kier molecular flexibility index (Phi) is 4.91. The minimum absolute atomic E-state index is 0.117. The van der Waals surface area contributed by atoms with Crippen molar-refractivity contribution in [3.63, 3.8) is 0 Å². The highest BCUT2D eigenvalue weighted by atomic mass is 32.1. The van der Waals surface area contributed by atoms with Crippen LogP contribution >= 0.6 is 11.3 Å². The largest absolute Gasteiger partial charge is 0.353 e. The van der Waals surface area contributed by atoms with E-state index in [1.807, 2.05) is 6.92 Å². The van der Waals surface area contributed by atoms with Crippen molar-refractivity contribution in [1.29, 1.82) is 0 Å². The van der Waals surface area contributed by atoms with E-state index in [0.29, 0.717) is 17.6 Å². The maximum atomic E-state index is 5.42. The van der Waals surface area contributed by atoms with Gasteiger partial charge in [-0.3, -0.25) is 4.90 Å². The summed E-state index contributed by atoms with van der Waals surface area (Å²) in [7, 11) is 0. The molecular weight excluding hydrogens is 420 g/mol. The van der Waals surface area contributed by atoms with Gasteiger partial charge in [0.25, 0.3) is 0 Å². The Labute approximate surface area is 191 Å². The summed E-state index contributed by atoms with van der Waals surface area (Å²) in [6.07, 6.45) is 2.41. The van der Waals surface area contributed by atoms with E-state index in [0.717, 1.165) is 42.7 Å². The van der Waals surface area contributed by atoms with Gasteiger partial charge in [-0.15, -0.1) is 11.3 Å². The lowest BCUT2D eigenvalue weighted by atomic mass is 10.1. The van der Waals surface area contributed by atoms with Gasteiger partial charge in [0.15, 0.2) is 5.82 Å². The van der Waals surface area contributed by atoms with Gasteiger partial charge >= 0.3 is 0 Å². The quantitative estimate of drug-likeness (QED) is 0.436. The van der Waals surface area contributed by atoms with Gasteiger partial charge in [-0.25, -0.2) is 9.97 Å². The second kappa shape index (κ2) is 7.94. The number of fused-ring (bicyclic) bond motifs is 1. The minimum Gasteiger partial charge on any atom is -0.353 e. The first-order valence-electron chi connectivity index (χ1n) is 11.3. The van der Waals surface area contributed by atoms with Crippen molar-refractivity contribution in [2.45, 2.75) is 38.6 Å². The molecule has 8 heteroatoms. The van der Waals surface area contributed by atoms with Crippen molar-refractivity contribution in [1.82, 2.24) is 25.0 Å². The Bertz CT molecular complexity index is 1240. The third-order valence-electron chi connectivity index (χ3n) is 6.52. The predicted octanol–water partition coefficient (Wildman–Crippen LogP) is 4.81. The first kappa shape index (κ1) is 19.8. The van der Waals surface area contributed by atoms with Gasteiger partial charge in [-0.1, -0.05) is 35.5 Å². The SMILES string of the molecule is Cc1noc(C(C)N2CCN(c3nc(C4CC4)nc4scc(-c5ccccc5)c34)CC2)n1. The Morgan fingerprint density at radius 1 is 1.03 bits per heavy atom. The maximum Gasteiger partial charge on any atom is 0.243 e. The summed E-state index contributed by atoms with van der Waals surface area (Å²) in [5.41, 5.74) is 2.46. The first-order chi connectivity index (χ1) is 15.7. The number of nitrogens with zero attached hydrogens (tertiary/aromatic N) is 6. The molecule has 0 radical (unpaired) electrons. The average Bonchev–Trinajstić information content (AvgIpc) is 3.46. The van der Waals surface area contributed by atoms with Gasteiger partial charge in [0.1, 0.15) is 16.5 Å². The number of thiophene rings is 1. The first-order valence-corrected chi connectivity index (χ1v) is 12.2. The molecule has 1 unspecified atom stereocenters. The Hall–Kier alpha value is -2.84. The van der Waals surface area contributed by atoms with Crippen LogP contribution in [0.15, 0.2) is 40.2 Å². The summed E-state index contributed by atoms with van der Waals surface area (Å²) < 4.78 is 5.42.